The number of piperazine rings is 1. The lowest BCUT2D eigenvalue weighted by atomic mass is 10.1. The van der Waals surface area contributed by atoms with Crippen LogP contribution in [0, 0.1) is 0 Å². The van der Waals surface area contributed by atoms with Crippen molar-refractivity contribution in [2.24, 2.45) is 0 Å². The molecule has 0 N–H and O–H groups in total. The van der Waals surface area contributed by atoms with Gasteiger partial charge >= 0.3 is 5.97 Å². The van der Waals surface area contributed by atoms with Crippen LogP contribution in [0.1, 0.15) is 23.0 Å². The van der Waals surface area contributed by atoms with Gasteiger partial charge in [0.15, 0.2) is 5.69 Å². The van der Waals surface area contributed by atoms with E-state index in [1.165, 1.54) is 0 Å². The molecule has 0 unspecified atom stereocenters. The summed E-state index contributed by atoms with van der Waals surface area (Å²) in [5.74, 6) is 1.15. The van der Waals surface area contributed by atoms with E-state index in [1.54, 1.807) is 31.9 Å². The third-order valence-corrected chi connectivity index (χ3v) is 7.16. The first-order valence-electron chi connectivity index (χ1n) is 13.7. The molecule has 1 aliphatic rings. The normalized spacial score (nSPS) is 13.1. The molecule has 0 saturated carbocycles. The molecule has 0 aliphatic carbocycles. The lowest BCUT2D eigenvalue weighted by molar-refractivity contribution is -0.130. The van der Waals surface area contributed by atoms with E-state index in [0.717, 1.165) is 52.8 Å². The minimum absolute atomic E-state index is 0.123. The van der Waals surface area contributed by atoms with Crippen LogP contribution in [0.15, 0.2) is 78.9 Å². The van der Waals surface area contributed by atoms with Gasteiger partial charge in [-0.3, -0.25) is 4.79 Å². The molecule has 9 heteroatoms. The second-order valence-electron chi connectivity index (χ2n) is 9.69. The minimum Gasteiger partial charge on any atom is -0.497 e. The van der Waals surface area contributed by atoms with Crippen LogP contribution in [0.3, 0.4) is 0 Å². The monoisotopic (exact) mass is 554 g/mol. The highest BCUT2D eigenvalue weighted by Gasteiger charge is 2.22. The van der Waals surface area contributed by atoms with Gasteiger partial charge in [0.1, 0.15) is 11.5 Å². The molecule has 5 rings (SSSR count). The van der Waals surface area contributed by atoms with Gasteiger partial charge in [0.05, 0.1) is 38.6 Å². The summed E-state index contributed by atoms with van der Waals surface area (Å²) in [6.45, 7) is 4.88. The van der Waals surface area contributed by atoms with Gasteiger partial charge in [-0.05, 0) is 67.1 Å². The van der Waals surface area contributed by atoms with E-state index in [1.807, 2.05) is 65.6 Å². The zero-order valence-electron chi connectivity index (χ0n) is 23.6. The number of esters is 1. The maximum absolute atomic E-state index is 12.9. The first-order valence-corrected chi connectivity index (χ1v) is 13.7. The number of carbonyl (C=O) groups is 2. The Morgan fingerprint density at radius 2 is 1.49 bits per heavy atom. The third kappa shape index (κ3) is 6.35. The molecular formula is C32H34N4O5. The van der Waals surface area contributed by atoms with Gasteiger partial charge in [-0.1, -0.05) is 24.3 Å². The Morgan fingerprint density at radius 3 is 2.15 bits per heavy atom. The smallest absolute Gasteiger partial charge is 0.358 e. The van der Waals surface area contributed by atoms with Crippen molar-refractivity contribution in [3.8, 4) is 28.4 Å². The van der Waals surface area contributed by atoms with Gasteiger partial charge in [-0.25, -0.2) is 9.48 Å². The average Bonchev–Trinajstić information content (AvgIpc) is 3.47. The van der Waals surface area contributed by atoms with Crippen molar-refractivity contribution in [1.29, 1.82) is 0 Å². The Labute approximate surface area is 239 Å². The highest BCUT2D eigenvalue weighted by molar-refractivity contribution is 5.89. The number of anilines is 1. The van der Waals surface area contributed by atoms with Crippen LogP contribution in [-0.4, -0.2) is 73.6 Å². The largest absolute Gasteiger partial charge is 0.497 e. The zero-order valence-corrected chi connectivity index (χ0v) is 23.6. The SMILES string of the molecule is CCOC(=O)c1cc(-c2ccc(N3CCN(C(=O)Cc4cccc(OC)c4)CC3)cc2)n(-c2ccc(OC)cc2)n1. The maximum Gasteiger partial charge on any atom is 0.358 e. The number of ether oxygens (including phenoxy) is 3. The summed E-state index contributed by atoms with van der Waals surface area (Å²) in [7, 11) is 3.25. The molecular weight excluding hydrogens is 520 g/mol. The Bertz CT molecular complexity index is 1490. The van der Waals surface area contributed by atoms with Crippen molar-refractivity contribution >= 4 is 17.6 Å². The van der Waals surface area contributed by atoms with Crippen LogP contribution in [0.5, 0.6) is 11.5 Å². The van der Waals surface area contributed by atoms with E-state index in [0.29, 0.717) is 19.5 Å². The predicted molar refractivity (Wildman–Crippen MR) is 157 cm³/mol. The number of amides is 1. The maximum atomic E-state index is 12.9. The molecule has 0 radical (unpaired) electrons. The number of rotatable bonds is 9. The number of hydrogen-bond donors (Lipinski definition) is 0. The Hall–Kier alpha value is -4.79. The topological polar surface area (TPSA) is 86.1 Å². The number of hydrogen-bond acceptors (Lipinski definition) is 7. The number of carbonyl (C=O) groups excluding carboxylic acids is 2. The van der Waals surface area contributed by atoms with Gasteiger partial charge in [-0.2, -0.15) is 5.10 Å². The van der Waals surface area contributed by atoms with Gasteiger partial charge in [0.2, 0.25) is 5.91 Å². The van der Waals surface area contributed by atoms with Gasteiger partial charge in [0.25, 0.3) is 0 Å². The summed E-state index contributed by atoms with van der Waals surface area (Å²) in [5.41, 5.74) is 4.77. The quantitative estimate of drug-likeness (QED) is 0.279. The lowest BCUT2D eigenvalue weighted by Crippen LogP contribution is -2.49. The standard InChI is InChI=1S/C32H34N4O5/c1-4-41-32(38)29-22-30(36(33-29)26-12-14-27(39-2)15-13-26)24-8-10-25(11-9-24)34-16-18-35(19-17-34)31(37)21-23-6-5-7-28(20-23)40-3/h5-15,20,22H,4,16-19,21H2,1-3H3. The molecule has 2 heterocycles. The second-order valence-corrected chi connectivity index (χ2v) is 9.69. The molecule has 1 fully saturated rings. The fourth-order valence-electron chi connectivity index (χ4n) is 4.94. The van der Waals surface area contributed by atoms with Crippen molar-refractivity contribution in [2.45, 2.75) is 13.3 Å². The van der Waals surface area contributed by atoms with Crippen LogP contribution in [-0.2, 0) is 16.0 Å². The van der Waals surface area contributed by atoms with Crippen molar-refractivity contribution in [3.05, 3.63) is 90.1 Å². The Morgan fingerprint density at radius 1 is 0.805 bits per heavy atom. The van der Waals surface area contributed by atoms with Crippen LogP contribution in [0.25, 0.3) is 16.9 Å². The van der Waals surface area contributed by atoms with E-state index in [-0.39, 0.29) is 18.2 Å². The molecule has 0 bridgehead atoms. The summed E-state index contributed by atoms with van der Waals surface area (Å²) in [5, 5.41) is 4.55. The molecule has 1 amide bonds. The summed E-state index contributed by atoms with van der Waals surface area (Å²) in [6, 6.07) is 25.1. The molecule has 1 aromatic heterocycles. The van der Waals surface area contributed by atoms with Crippen molar-refractivity contribution in [1.82, 2.24) is 14.7 Å². The summed E-state index contributed by atoms with van der Waals surface area (Å²) >= 11 is 0. The van der Waals surface area contributed by atoms with Crippen LogP contribution in [0.4, 0.5) is 5.69 Å². The number of methoxy groups -OCH3 is 2. The molecule has 41 heavy (non-hydrogen) atoms. The zero-order chi connectivity index (χ0) is 28.8. The molecule has 3 aromatic carbocycles. The van der Waals surface area contributed by atoms with Crippen molar-refractivity contribution in [3.63, 3.8) is 0 Å². The number of benzene rings is 3. The molecule has 1 aliphatic heterocycles. The van der Waals surface area contributed by atoms with E-state index in [9.17, 15) is 9.59 Å². The number of nitrogens with zero attached hydrogens (tertiary/aromatic N) is 4. The number of aromatic nitrogens is 2. The third-order valence-electron chi connectivity index (χ3n) is 7.16. The van der Waals surface area contributed by atoms with Crippen LogP contribution < -0.4 is 14.4 Å². The second kappa shape index (κ2) is 12.6. The fourth-order valence-corrected chi connectivity index (χ4v) is 4.94. The van der Waals surface area contributed by atoms with E-state index >= 15 is 0 Å². The Balaban J connectivity index is 1.28. The molecule has 212 valence electrons. The molecule has 9 nitrogen and oxygen atoms in total. The average molecular weight is 555 g/mol. The van der Waals surface area contributed by atoms with Crippen molar-refractivity contribution in [2.75, 3.05) is 51.9 Å². The molecule has 0 spiro atoms. The first-order chi connectivity index (χ1) is 20.0. The van der Waals surface area contributed by atoms with Crippen molar-refractivity contribution < 1.29 is 23.8 Å². The van der Waals surface area contributed by atoms with E-state index < -0.39 is 5.97 Å². The summed E-state index contributed by atoms with van der Waals surface area (Å²) in [4.78, 5) is 29.6. The van der Waals surface area contributed by atoms with E-state index in [2.05, 4.69) is 22.1 Å². The molecule has 0 atom stereocenters. The molecule has 4 aromatic rings. The highest BCUT2D eigenvalue weighted by atomic mass is 16.5. The lowest BCUT2D eigenvalue weighted by Gasteiger charge is -2.36. The van der Waals surface area contributed by atoms with Gasteiger partial charge in [-0.15, -0.1) is 0 Å². The highest BCUT2D eigenvalue weighted by Crippen LogP contribution is 2.28. The van der Waals surface area contributed by atoms with E-state index in [4.69, 9.17) is 14.2 Å². The van der Waals surface area contributed by atoms with Crippen LogP contribution >= 0.6 is 0 Å². The van der Waals surface area contributed by atoms with Gasteiger partial charge < -0.3 is 24.0 Å². The van der Waals surface area contributed by atoms with Gasteiger partial charge in [0, 0.05) is 37.4 Å². The van der Waals surface area contributed by atoms with Crippen LogP contribution in [0.2, 0.25) is 0 Å². The summed E-state index contributed by atoms with van der Waals surface area (Å²) in [6.07, 6.45) is 0.363. The summed E-state index contributed by atoms with van der Waals surface area (Å²) < 4.78 is 17.5. The molecule has 1 saturated heterocycles. The fraction of sp³-hybridized carbons (Fsp3) is 0.281. The predicted octanol–water partition coefficient (Wildman–Crippen LogP) is 4.62. The first kappa shape index (κ1) is 27.8. The Kier molecular flexibility index (Phi) is 8.53. The minimum atomic E-state index is -0.462.